The van der Waals surface area contributed by atoms with Crippen molar-refractivity contribution in [1.82, 2.24) is 9.97 Å². The zero-order chi connectivity index (χ0) is 12.5. The van der Waals surface area contributed by atoms with E-state index in [1.165, 1.54) is 6.33 Å². The number of nitrogens with zero attached hydrogens (tertiary/aromatic N) is 2. The molecule has 1 aromatic rings. The van der Waals surface area contributed by atoms with Crippen LogP contribution in [0.2, 0.25) is 0 Å². The Hall–Kier alpha value is -1.85. The summed E-state index contributed by atoms with van der Waals surface area (Å²) in [5, 5.41) is 14.7. The fourth-order valence-corrected chi connectivity index (χ4v) is 1.26. The molecule has 0 bridgehead atoms. The summed E-state index contributed by atoms with van der Waals surface area (Å²) in [5.74, 6) is 0.714. The number of hydrogen-bond donors (Lipinski definition) is 3. The molecular weight excluding hydrogens is 220 g/mol. The number of aromatic nitrogens is 2. The number of anilines is 2. The van der Waals surface area contributed by atoms with Crippen LogP contribution < -0.4 is 10.6 Å². The van der Waals surface area contributed by atoms with Crippen molar-refractivity contribution in [2.45, 2.75) is 26.2 Å². The third-order valence-electron chi connectivity index (χ3n) is 2.10. The Morgan fingerprint density at radius 3 is 2.53 bits per heavy atom. The van der Waals surface area contributed by atoms with Gasteiger partial charge in [-0.05, 0) is 12.8 Å². The summed E-state index contributed by atoms with van der Waals surface area (Å²) in [7, 11) is 0. The van der Waals surface area contributed by atoms with Gasteiger partial charge in [-0.2, -0.15) is 0 Å². The largest absolute Gasteiger partial charge is 0.481 e. The zero-order valence-electron chi connectivity index (χ0n) is 9.94. The van der Waals surface area contributed by atoms with Gasteiger partial charge in [-0.25, -0.2) is 9.97 Å². The summed E-state index contributed by atoms with van der Waals surface area (Å²) in [5.41, 5.74) is 0. The van der Waals surface area contributed by atoms with Crippen molar-refractivity contribution < 1.29 is 9.90 Å². The highest BCUT2D eigenvalue weighted by molar-refractivity contribution is 5.66. The van der Waals surface area contributed by atoms with Crippen molar-refractivity contribution in [2.24, 2.45) is 0 Å². The van der Waals surface area contributed by atoms with Crippen molar-refractivity contribution >= 4 is 17.6 Å². The van der Waals surface area contributed by atoms with E-state index in [9.17, 15) is 4.79 Å². The predicted octanol–water partition coefficient (Wildman–Crippen LogP) is 1.58. The molecule has 0 atom stereocenters. The summed E-state index contributed by atoms with van der Waals surface area (Å²) < 4.78 is 0. The number of nitrogens with one attached hydrogen (secondary N) is 2. The van der Waals surface area contributed by atoms with Crippen LogP contribution in [-0.4, -0.2) is 34.1 Å². The van der Waals surface area contributed by atoms with Crippen LogP contribution in [0.5, 0.6) is 0 Å². The zero-order valence-corrected chi connectivity index (χ0v) is 9.94. The summed E-state index contributed by atoms with van der Waals surface area (Å²) in [6, 6.07) is 1.82. The molecule has 0 aliphatic heterocycles. The van der Waals surface area contributed by atoms with E-state index in [2.05, 4.69) is 27.5 Å². The molecule has 17 heavy (non-hydrogen) atoms. The molecule has 3 N–H and O–H groups in total. The highest BCUT2D eigenvalue weighted by Crippen LogP contribution is 2.08. The molecule has 0 amide bonds. The average Bonchev–Trinajstić information content (AvgIpc) is 2.32. The Labute approximate surface area is 100 Å². The average molecular weight is 238 g/mol. The van der Waals surface area contributed by atoms with Gasteiger partial charge in [0.05, 0.1) is 0 Å². The second-order valence-corrected chi connectivity index (χ2v) is 3.64. The minimum atomic E-state index is -0.778. The van der Waals surface area contributed by atoms with Crippen LogP contribution in [0.25, 0.3) is 0 Å². The quantitative estimate of drug-likeness (QED) is 0.596. The van der Waals surface area contributed by atoms with Crippen LogP contribution >= 0.6 is 0 Å². The fourth-order valence-electron chi connectivity index (χ4n) is 1.26. The van der Waals surface area contributed by atoms with Gasteiger partial charge in [0.2, 0.25) is 0 Å². The molecule has 6 heteroatoms. The maximum Gasteiger partial charge on any atom is 0.303 e. The molecule has 1 aromatic heterocycles. The van der Waals surface area contributed by atoms with Crippen molar-refractivity contribution in [3.63, 3.8) is 0 Å². The van der Waals surface area contributed by atoms with Crippen LogP contribution in [0.3, 0.4) is 0 Å². The van der Waals surface area contributed by atoms with Crippen LogP contribution in [0, 0.1) is 0 Å². The van der Waals surface area contributed by atoms with E-state index in [0.717, 1.165) is 18.8 Å². The second-order valence-electron chi connectivity index (χ2n) is 3.64. The lowest BCUT2D eigenvalue weighted by Gasteiger charge is -2.07. The highest BCUT2D eigenvalue weighted by atomic mass is 16.4. The van der Waals surface area contributed by atoms with Gasteiger partial charge in [0, 0.05) is 25.6 Å². The number of carbonyl (C=O) groups is 1. The first-order valence-corrected chi connectivity index (χ1v) is 5.74. The van der Waals surface area contributed by atoms with Gasteiger partial charge in [-0.15, -0.1) is 0 Å². The Balaban J connectivity index is 2.34. The maximum atomic E-state index is 10.3. The van der Waals surface area contributed by atoms with Crippen molar-refractivity contribution in [3.05, 3.63) is 12.4 Å². The monoisotopic (exact) mass is 238 g/mol. The van der Waals surface area contributed by atoms with Gasteiger partial charge in [0.1, 0.15) is 18.0 Å². The van der Waals surface area contributed by atoms with E-state index < -0.39 is 5.97 Å². The van der Waals surface area contributed by atoms with Crippen molar-refractivity contribution in [1.29, 1.82) is 0 Å². The van der Waals surface area contributed by atoms with Gasteiger partial charge >= 0.3 is 5.97 Å². The topological polar surface area (TPSA) is 87.1 Å². The first kappa shape index (κ1) is 13.2. The second kappa shape index (κ2) is 7.43. The van der Waals surface area contributed by atoms with E-state index in [1.807, 2.05) is 6.07 Å². The van der Waals surface area contributed by atoms with Gasteiger partial charge in [0.25, 0.3) is 0 Å². The fraction of sp³-hybridized carbons (Fsp3) is 0.545. The van der Waals surface area contributed by atoms with Crippen molar-refractivity contribution in [2.75, 3.05) is 23.7 Å². The lowest BCUT2D eigenvalue weighted by atomic mass is 10.3. The maximum absolute atomic E-state index is 10.3. The molecule has 0 saturated carbocycles. The summed E-state index contributed by atoms with van der Waals surface area (Å²) >= 11 is 0. The summed E-state index contributed by atoms with van der Waals surface area (Å²) in [6.45, 7) is 3.55. The third kappa shape index (κ3) is 5.70. The van der Waals surface area contributed by atoms with E-state index in [-0.39, 0.29) is 6.42 Å². The lowest BCUT2D eigenvalue weighted by molar-refractivity contribution is -0.137. The Morgan fingerprint density at radius 2 is 1.94 bits per heavy atom. The van der Waals surface area contributed by atoms with Gasteiger partial charge in [0.15, 0.2) is 0 Å². The van der Waals surface area contributed by atoms with E-state index in [0.29, 0.717) is 18.8 Å². The van der Waals surface area contributed by atoms with Crippen LogP contribution in [0.15, 0.2) is 12.4 Å². The van der Waals surface area contributed by atoms with E-state index in [1.54, 1.807) is 0 Å². The summed E-state index contributed by atoms with van der Waals surface area (Å²) in [6.07, 6.45) is 3.26. The van der Waals surface area contributed by atoms with Crippen LogP contribution in [0.4, 0.5) is 11.6 Å². The minimum absolute atomic E-state index is 0.166. The number of rotatable bonds is 8. The molecule has 0 radical (unpaired) electrons. The highest BCUT2D eigenvalue weighted by Gasteiger charge is 1.99. The normalized spacial score (nSPS) is 9.94. The van der Waals surface area contributed by atoms with Gasteiger partial charge < -0.3 is 15.7 Å². The molecule has 1 heterocycles. The first-order chi connectivity index (χ1) is 8.22. The molecule has 0 aromatic carbocycles. The minimum Gasteiger partial charge on any atom is -0.481 e. The van der Waals surface area contributed by atoms with E-state index >= 15 is 0 Å². The number of carboxylic acids is 1. The SMILES string of the molecule is CCCNc1cc(NCCCC(=O)O)ncn1. The molecule has 6 nitrogen and oxygen atoms in total. The first-order valence-electron chi connectivity index (χ1n) is 5.74. The number of aliphatic carboxylic acids is 1. The molecule has 94 valence electrons. The molecule has 0 aliphatic carbocycles. The Kier molecular flexibility index (Phi) is 5.77. The Bertz CT molecular complexity index is 357. The predicted molar refractivity (Wildman–Crippen MR) is 66.2 cm³/mol. The van der Waals surface area contributed by atoms with Gasteiger partial charge in [-0.1, -0.05) is 6.92 Å². The molecule has 0 spiro atoms. The molecular formula is C11H18N4O2. The smallest absolute Gasteiger partial charge is 0.303 e. The number of hydrogen-bond acceptors (Lipinski definition) is 5. The molecule has 0 saturated heterocycles. The molecule has 0 unspecified atom stereocenters. The molecule has 0 fully saturated rings. The van der Waals surface area contributed by atoms with Crippen LogP contribution in [-0.2, 0) is 4.79 Å². The van der Waals surface area contributed by atoms with E-state index in [4.69, 9.17) is 5.11 Å². The summed E-state index contributed by atoms with van der Waals surface area (Å²) in [4.78, 5) is 18.5. The Morgan fingerprint density at radius 1 is 1.29 bits per heavy atom. The van der Waals surface area contributed by atoms with Crippen LogP contribution in [0.1, 0.15) is 26.2 Å². The lowest BCUT2D eigenvalue weighted by Crippen LogP contribution is -2.08. The number of carboxylic acid groups (broad SMARTS) is 1. The van der Waals surface area contributed by atoms with Gasteiger partial charge in [-0.3, -0.25) is 4.79 Å². The third-order valence-corrected chi connectivity index (χ3v) is 2.10. The van der Waals surface area contributed by atoms with Crippen molar-refractivity contribution in [3.8, 4) is 0 Å². The standard InChI is InChI=1S/C11H18N4O2/c1-2-5-12-9-7-10(15-8-14-9)13-6-3-4-11(16)17/h7-8H,2-6H2,1H3,(H,16,17)(H2,12,13,14,15). The molecule has 1 rings (SSSR count). The molecule has 0 aliphatic rings.